The SMILES string of the molecule is CNc1cc(C#N)ccc1SC=S. The molecule has 0 fully saturated rings. The Morgan fingerprint density at radius 3 is 2.92 bits per heavy atom. The highest BCUT2D eigenvalue weighted by Crippen LogP contribution is 2.26. The number of nitrogens with one attached hydrogen (secondary N) is 1. The Hall–Kier alpha value is -1.05. The van der Waals surface area contributed by atoms with E-state index in [0.29, 0.717) is 5.56 Å². The fraction of sp³-hybridized carbons (Fsp3) is 0.111. The van der Waals surface area contributed by atoms with Crippen LogP contribution < -0.4 is 5.32 Å². The summed E-state index contributed by atoms with van der Waals surface area (Å²) in [6.45, 7) is 0. The van der Waals surface area contributed by atoms with Gasteiger partial charge in [0.05, 0.1) is 11.6 Å². The van der Waals surface area contributed by atoms with Gasteiger partial charge in [0.2, 0.25) is 0 Å². The van der Waals surface area contributed by atoms with Crippen LogP contribution in [0, 0.1) is 11.3 Å². The summed E-state index contributed by atoms with van der Waals surface area (Å²) >= 11 is 6.21. The van der Waals surface area contributed by atoms with Gasteiger partial charge in [-0.3, -0.25) is 0 Å². The van der Waals surface area contributed by atoms with E-state index in [1.54, 1.807) is 16.8 Å². The minimum absolute atomic E-state index is 0.651. The van der Waals surface area contributed by atoms with Crippen LogP contribution in [0.4, 0.5) is 5.69 Å². The molecule has 0 bridgehead atoms. The molecular weight excluding hydrogens is 200 g/mol. The fourth-order valence-electron chi connectivity index (χ4n) is 0.950. The molecule has 0 saturated carbocycles. The van der Waals surface area contributed by atoms with Crippen LogP contribution in [0.5, 0.6) is 0 Å². The van der Waals surface area contributed by atoms with Crippen molar-refractivity contribution in [2.75, 3.05) is 12.4 Å². The molecule has 1 aromatic rings. The van der Waals surface area contributed by atoms with E-state index in [0.717, 1.165) is 10.6 Å². The highest BCUT2D eigenvalue weighted by molar-refractivity contribution is 8.20. The van der Waals surface area contributed by atoms with Crippen molar-refractivity contribution in [3.8, 4) is 6.07 Å². The first kappa shape index (κ1) is 10.0. The largest absolute Gasteiger partial charge is 0.387 e. The van der Waals surface area contributed by atoms with E-state index in [2.05, 4.69) is 11.4 Å². The zero-order chi connectivity index (χ0) is 9.68. The summed E-state index contributed by atoms with van der Waals surface area (Å²) < 4.78 is 1.60. The Morgan fingerprint density at radius 2 is 2.38 bits per heavy atom. The zero-order valence-corrected chi connectivity index (χ0v) is 8.71. The molecule has 1 aromatic carbocycles. The lowest BCUT2D eigenvalue weighted by atomic mass is 10.2. The van der Waals surface area contributed by atoms with Crippen LogP contribution in [0.2, 0.25) is 0 Å². The second-order valence-corrected chi connectivity index (χ2v) is 3.73. The van der Waals surface area contributed by atoms with Gasteiger partial charge < -0.3 is 5.32 Å². The van der Waals surface area contributed by atoms with E-state index < -0.39 is 0 Å². The molecule has 0 atom stereocenters. The minimum atomic E-state index is 0.651. The average molecular weight is 208 g/mol. The number of nitrogens with zero attached hydrogens (tertiary/aromatic N) is 1. The van der Waals surface area contributed by atoms with Gasteiger partial charge in [-0.25, -0.2) is 0 Å². The average Bonchev–Trinajstić information content (AvgIpc) is 2.19. The molecule has 0 radical (unpaired) electrons. The molecule has 0 aliphatic carbocycles. The normalized spacial score (nSPS) is 8.92. The molecule has 0 unspecified atom stereocenters. The summed E-state index contributed by atoms with van der Waals surface area (Å²) in [7, 11) is 1.82. The molecule has 66 valence electrons. The Labute approximate surface area is 87.0 Å². The monoisotopic (exact) mass is 208 g/mol. The molecule has 0 heterocycles. The van der Waals surface area contributed by atoms with Gasteiger partial charge in [0.15, 0.2) is 0 Å². The maximum absolute atomic E-state index is 8.67. The fourth-order valence-corrected chi connectivity index (χ4v) is 1.80. The second-order valence-electron chi connectivity index (χ2n) is 2.29. The standard InChI is InChI=1S/C9H8N2S2/c1-11-8-4-7(5-10)2-3-9(8)13-6-12/h2-4,6,11H,1H3. The molecule has 0 aliphatic heterocycles. The first-order valence-electron chi connectivity index (χ1n) is 3.64. The molecule has 0 aromatic heterocycles. The second kappa shape index (κ2) is 4.85. The molecule has 0 aliphatic rings. The molecule has 0 saturated heterocycles. The molecule has 0 spiro atoms. The highest BCUT2D eigenvalue weighted by atomic mass is 32.2. The number of nitriles is 1. The number of anilines is 1. The first-order valence-corrected chi connectivity index (χ1v) is 4.99. The van der Waals surface area contributed by atoms with Crippen LogP contribution in [0.1, 0.15) is 5.56 Å². The van der Waals surface area contributed by atoms with Gasteiger partial charge >= 0.3 is 0 Å². The van der Waals surface area contributed by atoms with Crippen LogP contribution >= 0.6 is 24.0 Å². The van der Waals surface area contributed by atoms with Gasteiger partial charge in [0, 0.05) is 22.3 Å². The predicted molar refractivity (Wildman–Crippen MR) is 60.2 cm³/mol. The van der Waals surface area contributed by atoms with Crippen LogP contribution in [-0.4, -0.2) is 11.7 Å². The molecular formula is C9H8N2S2. The van der Waals surface area contributed by atoms with Crippen molar-refractivity contribution in [2.45, 2.75) is 4.90 Å². The van der Waals surface area contributed by atoms with Crippen LogP contribution in [0.25, 0.3) is 0 Å². The van der Waals surface area contributed by atoms with Crippen molar-refractivity contribution in [1.29, 1.82) is 5.26 Å². The van der Waals surface area contributed by atoms with Crippen molar-refractivity contribution in [1.82, 2.24) is 0 Å². The van der Waals surface area contributed by atoms with E-state index in [1.807, 2.05) is 13.1 Å². The van der Waals surface area contributed by atoms with Gasteiger partial charge in [0.25, 0.3) is 0 Å². The van der Waals surface area contributed by atoms with Crippen molar-refractivity contribution in [2.24, 2.45) is 0 Å². The Bertz CT molecular complexity index is 355. The third-order valence-electron chi connectivity index (χ3n) is 1.55. The number of hydrogen-bond donors (Lipinski definition) is 1. The van der Waals surface area contributed by atoms with Gasteiger partial charge in [-0.05, 0) is 18.2 Å². The van der Waals surface area contributed by atoms with Crippen LogP contribution in [0.15, 0.2) is 23.1 Å². The summed E-state index contributed by atoms with van der Waals surface area (Å²) in [6.07, 6.45) is 0. The zero-order valence-electron chi connectivity index (χ0n) is 7.07. The van der Waals surface area contributed by atoms with E-state index in [-0.39, 0.29) is 0 Å². The lowest BCUT2D eigenvalue weighted by Crippen LogP contribution is -1.91. The number of rotatable bonds is 3. The molecule has 1 rings (SSSR count). The number of thiocarbonyl (C=S) groups is 1. The summed E-state index contributed by atoms with van der Waals surface area (Å²) in [6, 6.07) is 7.56. The van der Waals surface area contributed by atoms with E-state index in [1.165, 1.54) is 11.8 Å². The van der Waals surface area contributed by atoms with Crippen molar-refractivity contribution < 1.29 is 0 Å². The highest BCUT2D eigenvalue weighted by Gasteiger charge is 2.01. The summed E-state index contributed by atoms with van der Waals surface area (Å²) in [5.41, 5.74) is 1.59. The van der Waals surface area contributed by atoms with E-state index in [4.69, 9.17) is 17.5 Å². The predicted octanol–water partition coefficient (Wildman–Crippen LogP) is 2.65. The smallest absolute Gasteiger partial charge is 0.0992 e. The van der Waals surface area contributed by atoms with Crippen LogP contribution in [-0.2, 0) is 0 Å². The van der Waals surface area contributed by atoms with Crippen molar-refractivity contribution in [3.05, 3.63) is 23.8 Å². The van der Waals surface area contributed by atoms with Gasteiger partial charge in [-0.15, -0.1) is 0 Å². The Morgan fingerprint density at radius 1 is 1.62 bits per heavy atom. The quantitative estimate of drug-likeness (QED) is 0.612. The lowest BCUT2D eigenvalue weighted by molar-refractivity contribution is 1.37. The summed E-state index contributed by atoms with van der Waals surface area (Å²) in [5, 5.41) is 11.7. The molecule has 13 heavy (non-hydrogen) atoms. The minimum Gasteiger partial charge on any atom is -0.387 e. The van der Waals surface area contributed by atoms with Crippen LogP contribution in [0.3, 0.4) is 0 Å². The van der Waals surface area contributed by atoms with Crippen molar-refractivity contribution in [3.63, 3.8) is 0 Å². The number of thioether (sulfide) groups is 1. The van der Waals surface area contributed by atoms with Gasteiger partial charge in [-0.2, -0.15) is 5.26 Å². The number of hydrogen-bond acceptors (Lipinski definition) is 4. The Kier molecular flexibility index (Phi) is 3.74. The first-order chi connectivity index (χ1) is 6.31. The maximum Gasteiger partial charge on any atom is 0.0992 e. The van der Waals surface area contributed by atoms with E-state index >= 15 is 0 Å². The molecule has 2 nitrogen and oxygen atoms in total. The maximum atomic E-state index is 8.67. The third kappa shape index (κ3) is 2.44. The summed E-state index contributed by atoms with van der Waals surface area (Å²) in [4.78, 5) is 1.04. The molecule has 4 heteroatoms. The van der Waals surface area contributed by atoms with Gasteiger partial charge in [0.1, 0.15) is 0 Å². The third-order valence-corrected chi connectivity index (χ3v) is 2.55. The lowest BCUT2D eigenvalue weighted by Gasteiger charge is -2.05. The number of benzene rings is 1. The summed E-state index contributed by atoms with van der Waals surface area (Å²) in [5.74, 6) is 0. The van der Waals surface area contributed by atoms with Crippen molar-refractivity contribution >= 4 is 34.4 Å². The molecule has 0 amide bonds. The topological polar surface area (TPSA) is 35.8 Å². The van der Waals surface area contributed by atoms with Gasteiger partial charge in [-0.1, -0.05) is 24.0 Å². The molecule has 1 N–H and O–H groups in total. The Balaban J connectivity index is 3.09. The van der Waals surface area contributed by atoms with E-state index in [9.17, 15) is 0 Å².